The first-order valence-corrected chi connectivity index (χ1v) is 9.28. The number of H-pyrrole nitrogens is 1. The number of amides is 1. The number of carbonyl (C=O) groups excluding carboxylic acids is 1. The number of piperidine rings is 1. The third-order valence-corrected chi connectivity index (χ3v) is 5.60. The fraction of sp³-hybridized carbons (Fsp3) is 0.500. The van der Waals surface area contributed by atoms with E-state index in [1.807, 2.05) is 29.3 Å². The summed E-state index contributed by atoms with van der Waals surface area (Å²) in [5.74, 6) is 1.07. The van der Waals surface area contributed by atoms with Crippen LogP contribution in [-0.4, -0.2) is 44.6 Å². The lowest BCUT2D eigenvalue weighted by atomic mass is 9.94. The summed E-state index contributed by atoms with van der Waals surface area (Å²) >= 11 is 0. The number of rotatable bonds is 3. The van der Waals surface area contributed by atoms with E-state index in [-0.39, 0.29) is 11.8 Å². The Morgan fingerprint density at radius 2 is 1.96 bits per heavy atom. The van der Waals surface area contributed by atoms with E-state index in [0.29, 0.717) is 19.4 Å². The van der Waals surface area contributed by atoms with Gasteiger partial charge in [-0.3, -0.25) is 4.79 Å². The van der Waals surface area contributed by atoms with E-state index in [9.17, 15) is 9.90 Å². The molecule has 2 aromatic rings. The van der Waals surface area contributed by atoms with Gasteiger partial charge in [-0.25, -0.2) is 4.98 Å². The van der Waals surface area contributed by atoms with Crippen molar-refractivity contribution >= 4 is 5.91 Å². The number of nitrogens with one attached hydrogen (secondary N) is 1. The van der Waals surface area contributed by atoms with Crippen molar-refractivity contribution in [2.75, 3.05) is 13.1 Å². The monoisotopic (exact) mass is 339 g/mol. The van der Waals surface area contributed by atoms with Crippen LogP contribution in [-0.2, 0) is 4.79 Å². The van der Waals surface area contributed by atoms with Crippen LogP contribution in [0.1, 0.15) is 50.3 Å². The Morgan fingerprint density at radius 3 is 2.72 bits per heavy atom. The summed E-state index contributed by atoms with van der Waals surface area (Å²) in [6.07, 6.45) is 6.93. The van der Waals surface area contributed by atoms with Crippen molar-refractivity contribution in [1.82, 2.24) is 14.9 Å². The Hall–Kier alpha value is -2.14. The lowest BCUT2D eigenvalue weighted by Gasteiger charge is -2.36. The van der Waals surface area contributed by atoms with Crippen molar-refractivity contribution in [1.29, 1.82) is 0 Å². The first-order valence-electron chi connectivity index (χ1n) is 9.28. The summed E-state index contributed by atoms with van der Waals surface area (Å²) < 4.78 is 0. The SMILES string of the molecule is O=C(N1CCCC(c2ncc(-c3ccccc3)[nH]2)C1)C1(O)CCCC1. The summed E-state index contributed by atoms with van der Waals surface area (Å²) in [5.41, 5.74) is 0.999. The maximum atomic E-state index is 12.8. The van der Waals surface area contributed by atoms with Gasteiger partial charge in [0.1, 0.15) is 11.4 Å². The largest absolute Gasteiger partial charge is 0.380 e. The molecule has 1 saturated carbocycles. The molecule has 1 aliphatic heterocycles. The lowest BCUT2D eigenvalue weighted by Crippen LogP contribution is -2.50. The summed E-state index contributed by atoms with van der Waals surface area (Å²) in [7, 11) is 0. The number of aromatic amines is 1. The molecule has 1 unspecified atom stereocenters. The van der Waals surface area contributed by atoms with Crippen LogP contribution in [0.15, 0.2) is 36.5 Å². The number of aliphatic hydroxyl groups is 1. The molecule has 5 heteroatoms. The van der Waals surface area contributed by atoms with E-state index < -0.39 is 5.60 Å². The first-order chi connectivity index (χ1) is 12.2. The molecule has 1 aliphatic carbocycles. The van der Waals surface area contributed by atoms with Crippen LogP contribution < -0.4 is 0 Å². The molecule has 1 amide bonds. The van der Waals surface area contributed by atoms with Gasteiger partial charge < -0.3 is 15.0 Å². The highest BCUT2D eigenvalue weighted by molar-refractivity contribution is 5.85. The standard InChI is InChI=1S/C20H25N3O2/c24-19(20(25)10-4-5-11-20)23-12-6-9-16(14-23)18-21-13-17(22-18)15-7-2-1-3-8-15/h1-3,7-8,13,16,25H,4-6,9-12,14H2,(H,21,22). The molecule has 0 bridgehead atoms. The van der Waals surface area contributed by atoms with Gasteiger partial charge in [-0.15, -0.1) is 0 Å². The van der Waals surface area contributed by atoms with Gasteiger partial charge in [-0.05, 0) is 44.1 Å². The predicted molar refractivity (Wildman–Crippen MR) is 96.0 cm³/mol. The van der Waals surface area contributed by atoms with Gasteiger partial charge in [0.05, 0.1) is 11.9 Å². The average Bonchev–Trinajstić information content (AvgIpc) is 3.32. The second kappa shape index (κ2) is 6.64. The number of imidazole rings is 1. The molecule has 0 radical (unpaired) electrons. The highest BCUT2D eigenvalue weighted by Crippen LogP contribution is 2.34. The second-order valence-corrected chi connectivity index (χ2v) is 7.38. The van der Waals surface area contributed by atoms with Gasteiger partial charge in [0.15, 0.2) is 0 Å². The molecule has 2 fully saturated rings. The summed E-state index contributed by atoms with van der Waals surface area (Å²) in [4.78, 5) is 22.6. The number of benzene rings is 1. The second-order valence-electron chi connectivity index (χ2n) is 7.38. The molecule has 0 spiro atoms. The van der Waals surface area contributed by atoms with Crippen molar-refractivity contribution in [3.05, 3.63) is 42.4 Å². The minimum Gasteiger partial charge on any atom is -0.380 e. The van der Waals surface area contributed by atoms with Gasteiger partial charge in [-0.2, -0.15) is 0 Å². The third kappa shape index (κ3) is 3.21. The minimum absolute atomic E-state index is 0.0791. The van der Waals surface area contributed by atoms with Gasteiger partial charge in [0.25, 0.3) is 5.91 Å². The highest BCUT2D eigenvalue weighted by atomic mass is 16.3. The molecular weight excluding hydrogens is 314 g/mol. The van der Waals surface area contributed by atoms with Crippen LogP contribution in [0.5, 0.6) is 0 Å². The zero-order valence-electron chi connectivity index (χ0n) is 14.4. The maximum absolute atomic E-state index is 12.8. The van der Waals surface area contributed by atoms with E-state index in [1.165, 1.54) is 0 Å². The quantitative estimate of drug-likeness (QED) is 0.903. The molecule has 1 aromatic heterocycles. The number of hydrogen-bond donors (Lipinski definition) is 2. The average molecular weight is 339 g/mol. The van der Waals surface area contributed by atoms with Gasteiger partial charge in [-0.1, -0.05) is 30.3 Å². The van der Waals surface area contributed by atoms with E-state index in [4.69, 9.17) is 0 Å². The van der Waals surface area contributed by atoms with Crippen molar-refractivity contribution in [2.45, 2.75) is 50.0 Å². The summed E-state index contributed by atoms with van der Waals surface area (Å²) in [5, 5.41) is 10.6. The van der Waals surface area contributed by atoms with Crippen molar-refractivity contribution in [2.24, 2.45) is 0 Å². The summed E-state index contributed by atoms with van der Waals surface area (Å²) in [6.45, 7) is 1.38. The third-order valence-electron chi connectivity index (χ3n) is 5.60. The Kier molecular flexibility index (Phi) is 4.34. The number of carbonyl (C=O) groups is 1. The van der Waals surface area contributed by atoms with E-state index in [0.717, 1.165) is 49.3 Å². The molecule has 2 aliphatic rings. The Morgan fingerprint density at radius 1 is 1.20 bits per heavy atom. The molecule has 2 heterocycles. The Balaban J connectivity index is 1.48. The maximum Gasteiger partial charge on any atom is 0.254 e. The molecule has 132 valence electrons. The van der Waals surface area contributed by atoms with Crippen LogP contribution in [0.2, 0.25) is 0 Å². The smallest absolute Gasteiger partial charge is 0.254 e. The zero-order valence-corrected chi connectivity index (χ0v) is 14.4. The molecule has 1 aromatic carbocycles. The van der Waals surface area contributed by atoms with Crippen LogP contribution >= 0.6 is 0 Å². The number of aromatic nitrogens is 2. The molecule has 1 saturated heterocycles. The van der Waals surface area contributed by atoms with Gasteiger partial charge in [0, 0.05) is 19.0 Å². The van der Waals surface area contributed by atoms with Crippen molar-refractivity contribution in [3.8, 4) is 11.3 Å². The Bertz CT molecular complexity index is 734. The molecular formula is C20H25N3O2. The van der Waals surface area contributed by atoms with Crippen LogP contribution in [0.4, 0.5) is 0 Å². The molecule has 25 heavy (non-hydrogen) atoms. The van der Waals surface area contributed by atoms with Crippen LogP contribution in [0.25, 0.3) is 11.3 Å². The van der Waals surface area contributed by atoms with Crippen molar-refractivity contribution in [3.63, 3.8) is 0 Å². The fourth-order valence-corrected chi connectivity index (χ4v) is 4.16. The van der Waals surface area contributed by atoms with Gasteiger partial charge >= 0.3 is 0 Å². The molecule has 2 N–H and O–H groups in total. The Labute approximate surface area is 148 Å². The molecule has 4 rings (SSSR count). The molecule has 5 nitrogen and oxygen atoms in total. The zero-order chi connectivity index (χ0) is 17.3. The van der Waals surface area contributed by atoms with Crippen LogP contribution in [0.3, 0.4) is 0 Å². The number of nitrogens with zero attached hydrogens (tertiary/aromatic N) is 2. The van der Waals surface area contributed by atoms with Gasteiger partial charge in [0.2, 0.25) is 0 Å². The number of hydrogen-bond acceptors (Lipinski definition) is 3. The molecule has 1 atom stereocenters. The normalized spacial score (nSPS) is 22.9. The van der Waals surface area contributed by atoms with Crippen molar-refractivity contribution < 1.29 is 9.90 Å². The first kappa shape index (κ1) is 16.3. The highest BCUT2D eigenvalue weighted by Gasteiger charge is 2.42. The van der Waals surface area contributed by atoms with E-state index in [2.05, 4.69) is 22.1 Å². The summed E-state index contributed by atoms with van der Waals surface area (Å²) in [6, 6.07) is 10.1. The fourth-order valence-electron chi connectivity index (χ4n) is 4.16. The van der Waals surface area contributed by atoms with E-state index in [1.54, 1.807) is 0 Å². The topological polar surface area (TPSA) is 69.2 Å². The lowest BCUT2D eigenvalue weighted by molar-refractivity contribution is -0.152. The van der Waals surface area contributed by atoms with E-state index >= 15 is 0 Å². The minimum atomic E-state index is -1.12. The van der Waals surface area contributed by atoms with Crippen LogP contribution in [0, 0.1) is 0 Å². The predicted octanol–water partition coefficient (Wildman–Crippen LogP) is 3.09. The number of likely N-dealkylation sites (tertiary alicyclic amines) is 1.